The highest BCUT2D eigenvalue weighted by Gasteiger charge is 2.09. The van der Waals surface area contributed by atoms with Crippen LogP contribution in [-0.4, -0.2) is 25.5 Å². The van der Waals surface area contributed by atoms with Gasteiger partial charge in [0.25, 0.3) is 5.91 Å². The standard InChI is InChI=1S/C20H24N2O4/c1-14(2)13-26-17-9-7-16(8-10-17)20(24)22-21-19(23)12-15-5-4-6-18(11-15)25-3/h4-11,14H,12-13H2,1-3H3,(H,21,23)(H,22,24). The van der Waals surface area contributed by atoms with Gasteiger partial charge in [0.05, 0.1) is 20.1 Å². The van der Waals surface area contributed by atoms with E-state index in [9.17, 15) is 9.59 Å². The molecule has 0 atom stereocenters. The molecule has 2 amide bonds. The molecule has 0 aliphatic heterocycles. The Hall–Kier alpha value is -3.02. The van der Waals surface area contributed by atoms with Crippen LogP contribution in [0.15, 0.2) is 48.5 Å². The quantitative estimate of drug-likeness (QED) is 0.748. The molecule has 26 heavy (non-hydrogen) atoms. The summed E-state index contributed by atoms with van der Waals surface area (Å²) in [5.41, 5.74) is 6.05. The zero-order chi connectivity index (χ0) is 18.9. The van der Waals surface area contributed by atoms with Crippen LogP contribution in [0.25, 0.3) is 0 Å². The first-order valence-corrected chi connectivity index (χ1v) is 8.43. The summed E-state index contributed by atoms with van der Waals surface area (Å²) in [6.45, 7) is 4.75. The second-order valence-electron chi connectivity index (χ2n) is 6.26. The predicted molar refractivity (Wildman–Crippen MR) is 99.1 cm³/mol. The lowest BCUT2D eigenvalue weighted by atomic mass is 10.1. The van der Waals surface area contributed by atoms with Gasteiger partial charge in [0.2, 0.25) is 5.91 Å². The van der Waals surface area contributed by atoms with Gasteiger partial charge in [0, 0.05) is 5.56 Å². The van der Waals surface area contributed by atoms with Crippen molar-refractivity contribution in [2.75, 3.05) is 13.7 Å². The van der Waals surface area contributed by atoms with E-state index in [4.69, 9.17) is 9.47 Å². The maximum atomic E-state index is 12.1. The Labute approximate surface area is 153 Å². The minimum atomic E-state index is -0.389. The number of hydrogen-bond donors (Lipinski definition) is 2. The van der Waals surface area contributed by atoms with Crippen LogP contribution in [0.3, 0.4) is 0 Å². The van der Waals surface area contributed by atoms with E-state index >= 15 is 0 Å². The third kappa shape index (κ3) is 6.12. The first-order chi connectivity index (χ1) is 12.5. The fourth-order valence-corrected chi connectivity index (χ4v) is 2.18. The summed E-state index contributed by atoms with van der Waals surface area (Å²) in [6, 6.07) is 14.0. The van der Waals surface area contributed by atoms with Crippen LogP contribution in [0, 0.1) is 5.92 Å². The zero-order valence-corrected chi connectivity index (χ0v) is 15.2. The molecule has 0 aliphatic carbocycles. The highest BCUT2D eigenvalue weighted by atomic mass is 16.5. The minimum absolute atomic E-state index is 0.138. The van der Waals surface area contributed by atoms with Crippen molar-refractivity contribution in [2.24, 2.45) is 5.92 Å². The largest absolute Gasteiger partial charge is 0.497 e. The van der Waals surface area contributed by atoms with E-state index in [1.165, 1.54) is 0 Å². The molecule has 2 aromatic rings. The van der Waals surface area contributed by atoms with E-state index in [0.29, 0.717) is 29.6 Å². The van der Waals surface area contributed by atoms with Gasteiger partial charge in [-0.2, -0.15) is 0 Å². The maximum Gasteiger partial charge on any atom is 0.269 e. The number of rotatable bonds is 7. The van der Waals surface area contributed by atoms with Crippen molar-refractivity contribution in [1.82, 2.24) is 10.9 Å². The Kier molecular flexibility index (Phi) is 7.02. The van der Waals surface area contributed by atoms with Crippen LogP contribution in [-0.2, 0) is 11.2 Å². The second-order valence-corrected chi connectivity index (χ2v) is 6.26. The Morgan fingerprint density at radius 3 is 2.38 bits per heavy atom. The molecular formula is C20H24N2O4. The molecule has 0 saturated carbocycles. The van der Waals surface area contributed by atoms with Gasteiger partial charge in [-0.3, -0.25) is 20.4 Å². The summed E-state index contributed by atoms with van der Waals surface area (Å²) in [6.07, 6.45) is 0.138. The molecule has 0 spiro atoms. The second kappa shape index (κ2) is 9.46. The lowest BCUT2D eigenvalue weighted by molar-refractivity contribution is -0.121. The molecule has 2 aromatic carbocycles. The highest BCUT2D eigenvalue weighted by molar-refractivity contribution is 5.95. The van der Waals surface area contributed by atoms with Crippen LogP contribution in [0.1, 0.15) is 29.8 Å². The van der Waals surface area contributed by atoms with E-state index in [0.717, 1.165) is 5.56 Å². The lowest BCUT2D eigenvalue weighted by Crippen LogP contribution is -2.42. The third-order valence-electron chi connectivity index (χ3n) is 3.51. The van der Waals surface area contributed by atoms with E-state index in [-0.39, 0.29) is 18.2 Å². The number of hydrogen-bond acceptors (Lipinski definition) is 4. The molecule has 0 heterocycles. The van der Waals surface area contributed by atoms with E-state index in [1.54, 1.807) is 43.5 Å². The molecule has 0 aliphatic rings. The molecule has 6 nitrogen and oxygen atoms in total. The summed E-state index contributed by atoms with van der Waals surface area (Å²) in [5.74, 6) is 1.11. The van der Waals surface area contributed by atoms with Crippen molar-refractivity contribution in [3.63, 3.8) is 0 Å². The first kappa shape index (κ1) is 19.3. The number of carbonyl (C=O) groups is 2. The van der Waals surface area contributed by atoms with Gasteiger partial charge < -0.3 is 9.47 Å². The number of methoxy groups -OCH3 is 1. The van der Waals surface area contributed by atoms with Gasteiger partial charge in [-0.05, 0) is 47.9 Å². The smallest absolute Gasteiger partial charge is 0.269 e. The van der Waals surface area contributed by atoms with Crippen molar-refractivity contribution in [3.8, 4) is 11.5 Å². The number of benzene rings is 2. The summed E-state index contributed by atoms with van der Waals surface area (Å²) >= 11 is 0. The van der Waals surface area contributed by atoms with Gasteiger partial charge in [-0.15, -0.1) is 0 Å². The molecule has 0 unspecified atom stereocenters. The molecule has 2 rings (SSSR count). The molecule has 6 heteroatoms. The van der Waals surface area contributed by atoms with Gasteiger partial charge >= 0.3 is 0 Å². The average molecular weight is 356 g/mol. The van der Waals surface area contributed by atoms with Crippen molar-refractivity contribution >= 4 is 11.8 Å². The van der Waals surface area contributed by atoms with Crippen LogP contribution < -0.4 is 20.3 Å². The van der Waals surface area contributed by atoms with Gasteiger partial charge in [-0.1, -0.05) is 26.0 Å². The minimum Gasteiger partial charge on any atom is -0.497 e. The van der Waals surface area contributed by atoms with Gasteiger partial charge in [0.15, 0.2) is 0 Å². The van der Waals surface area contributed by atoms with Gasteiger partial charge in [0.1, 0.15) is 11.5 Å². The predicted octanol–water partition coefficient (Wildman–Crippen LogP) is 2.73. The van der Waals surface area contributed by atoms with Crippen molar-refractivity contribution in [2.45, 2.75) is 20.3 Å². The van der Waals surface area contributed by atoms with Crippen LogP contribution in [0.5, 0.6) is 11.5 Å². The number of nitrogens with one attached hydrogen (secondary N) is 2. The van der Waals surface area contributed by atoms with Crippen LogP contribution in [0.4, 0.5) is 0 Å². The molecule has 0 aromatic heterocycles. The molecule has 0 fully saturated rings. The first-order valence-electron chi connectivity index (χ1n) is 8.43. The summed E-state index contributed by atoms with van der Waals surface area (Å²) in [7, 11) is 1.57. The Bertz CT molecular complexity index is 742. The fourth-order valence-electron chi connectivity index (χ4n) is 2.18. The van der Waals surface area contributed by atoms with E-state index in [2.05, 4.69) is 24.7 Å². The van der Waals surface area contributed by atoms with Crippen molar-refractivity contribution < 1.29 is 19.1 Å². The van der Waals surface area contributed by atoms with Crippen LogP contribution in [0.2, 0.25) is 0 Å². The molecular weight excluding hydrogens is 332 g/mol. The molecule has 0 saturated heterocycles. The monoisotopic (exact) mass is 356 g/mol. The van der Waals surface area contributed by atoms with E-state index in [1.807, 2.05) is 12.1 Å². The molecule has 138 valence electrons. The lowest BCUT2D eigenvalue weighted by Gasteiger charge is -2.10. The summed E-state index contributed by atoms with van der Waals surface area (Å²) in [5, 5.41) is 0. The zero-order valence-electron chi connectivity index (χ0n) is 15.2. The highest BCUT2D eigenvalue weighted by Crippen LogP contribution is 2.14. The molecule has 2 N–H and O–H groups in total. The van der Waals surface area contributed by atoms with Crippen molar-refractivity contribution in [1.29, 1.82) is 0 Å². The maximum absolute atomic E-state index is 12.1. The number of ether oxygens (including phenoxy) is 2. The topological polar surface area (TPSA) is 76.7 Å². The van der Waals surface area contributed by atoms with Crippen molar-refractivity contribution in [3.05, 3.63) is 59.7 Å². The Morgan fingerprint density at radius 1 is 1.00 bits per heavy atom. The number of hydrazine groups is 1. The summed E-state index contributed by atoms with van der Waals surface area (Å²) < 4.78 is 10.7. The fraction of sp³-hybridized carbons (Fsp3) is 0.300. The average Bonchev–Trinajstić information content (AvgIpc) is 2.65. The number of amides is 2. The normalized spacial score (nSPS) is 10.3. The van der Waals surface area contributed by atoms with Gasteiger partial charge in [-0.25, -0.2) is 0 Å². The SMILES string of the molecule is COc1cccc(CC(=O)NNC(=O)c2ccc(OCC(C)C)cc2)c1. The third-order valence-corrected chi connectivity index (χ3v) is 3.51. The molecule has 0 radical (unpaired) electrons. The summed E-state index contributed by atoms with van der Waals surface area (Å²) in [4.78, 5) is 24.1. The Balaban J connectivity index is 1.82. The molecule has 0 bridgehead atoms. The number of carbonyl (C=O) groups excluding carboxylic acids is 2. The van der Waals surface area contributed by atoms with Crippen LogP contribution >= 0.6 is 0 Å². The van der Waals surface area contributed by atoms with E-state index < -0.39 is 0 Å². The Morgan fingerprint density at radius 2 is 1.73 bits per heavy atom.